The number of thioether (sulfide) groups is 1. The molecule has 90 valence electrons. The molecule has 1 aromatic carbocycles. The lowest BCUT2D eigenvalue weighted by Gasteiger charge is -2.22. The predicted molar refractivity (Wildman–Crippen MR) is 72.3 cm³/mol. The molecule has 2 nitrogen and oxygen atoms in total. The fourth-order valence-electron chi connectivity index (χ4n) is 1.32. The molecule has 0 aliphatic carbocycles. The van der Waals surface area contributed by atoms with Crippen LogP contribution in [0.4, 0.5) is 0 Å². The van der Waals surface area contributed by atoms with Gasteiger partial charge in [0.1, 0.15) is 5.75 Å². The molecule has 0 saturated carbocycles. The molecule has 1 N–H and O–H groups in total. The minimum Gasteiger partial charge on any atom is -0.497 e. The van der Waals surface area contributed by atoms with E-state index in [0.29, 0.717) is 4.75 Å². The largest absolute Gasteiger partial charge is 0.497 e. The fourth-order valence-corrected chi connectivity index (χ4v) is 1.57. The molecule has 0 spiro atoms. The average Bonchev–Trinajstić information content (AvgIpc) is 2.30. The minimum absolute atomic E-state index is 0.298. The zero-order valence-corrected chi connectivity index (χ0v) is 11.4. The highest BCUT2D eigenvalue weighted by molar-refractivity contribution is 7.99. The molecule has 0 aliphatic rings. The van der Waals surface area contributed by atoms with Crippen LogP contribution in [-0.4, -0.2) is 24.7 Å². The van der Waals surface area contributed by atoms with Crippen LogP contribution in [0.3, 0.4) is 0 Å². The smallest absolute Gasteiger partial charge is 0.118 e. The van der Waals surface area contributed by atoms with E-state index in [9.17, 15) is 0 Å². The second kappa shape index (κ2) is 6.16. The minimum atomic E-state index is 0.298. The van der Waals surface area contributed by atoms with Crippen molar-refractivity contribution in [2.24, 2.45) is 0 Å². The number of ether oxygens (including phenoxy) is 1. The second-order valence-corrected chi connectivity index (χ2v) is 5.93. The molecule has 1 rings (SSSR count). The Morgan fingerprint density at radius 1 is 1.25 bits per heavy atom. The van der Waals surface area contributed by atoms with E-state index in [4.69, 9.17) is 4.74 Å². The van der Waals surface area contributed by atoms with Crippen molar-refractivity contribution in [3.63, 3.8) is 0 Å². The monoisotopic (exact) mass is 239 g/mol. The van der Waals surface area contributed by atoms with Gasteiger partial charge in [-0.1, -0.05) is 12.1 Å². The van der Waals surface area contributed by atoms with Crippen molar-refractivity contribution in [2.75, 3.05) is 19.9 Å². The topological polar surface area (TPSA) is 21.3 Å². The van der Waals surface area contributed by atoms with E-state index in [1.807, 2.05) is 23.9 Å². The van der Waals surface area contributed by atoms with Gasteiger partial charge in [0.2, 0.25) is 0 Å². The van der Waals surface area contributed by atoms with Crippen molar-refractivity contribution < 1.29 is 4.74 Å². The molecule has 0 radical (unpaired) electrons. The summed E-state index contributed by atoms with van der Waals surface area (Å²) in [6.07, 6.45) is 2.15. The molecule has 0 aliphatic heterocycles. The van der Waals surface area contributed by atoms with Crippen molar-refractivity contribution in [3.05, 3.63) is 29.8 Å². The summed E-state index contributed by atoms with van der Waals surface area (Å²) < 4.78 is 5.42. The van der Waals surface area contributed by atoms with Crippen LogP contribution >= 0.6 is 11.8 Å². The van der Waals surface area contributed by atoms with Crippen LogP contribution in [0.25, 0.3) is 0 Å². The third-order valence-electron chi connectivity index (χ3n) is 2.59. The Morgan fingerprint density at radius 2 is 1.88 bits per heavy atom. The van der Waals surface area contributed by atoms with E-state index in [2.05, 4.69) is 37.6 Å². The Bertz CT molecular complexity index is 308. The first-order valence-electron chi connectivity index (χ1n) is 5.46. The summed E-state index contributed by atoms with van der Waals surface area (Å²) >= 11 is 1.89. The number of rotatable bonds is 6. The van der Waals surface area contributed by atoms with Gasteiger partial charge >= 0.3 is 0 Å². The first-order chi connectivity index (χ1) is 7.57. The Hall–Kier alpha value is -0.670. The number of benzene rings is 1. The second-order valence-electron chi connectivity index (χ2n) is 4.42. The van der Waals surface area contributed by atoms with Gasteiger partial charge in [-0.3, -0.25) is 0 Å². The fraction of sp³-hybridized carbons (Fsp3) is 0.538. The Balaban J connectivity index is 2.37. The highest BCUT2D eigenvalue weighted by Crippen LogP contribution is 2.19. The quantitative estimate of drug-likeness (QED) is 0.824. The maximum atomic E-state index is 5.12. The van der Waals surface area contributed by atoms with Gasteiger partial charge in [-0.2, -0.15) is 11.8 Å². The number of methoxy groups -OCH3 is 1. The van der Waals surface area contributed by atoms with Crippen LogP contribution in [0.1, 0.15) is 19.4 Å². The summed E-state index contributed by atoms with van der Waals surface area (Å²) in [7, 11) is 1.69. The molecule has 0 atom stereocenters. The highest BCUT2D eigenvalue weighted by atomic mass is 32.2. The van der Waals surface area contributed by atoms with Crippen molar-refractivity contribution >= 4 is 11.8 Å². The third kappa shape index (κ3) is 4.45. The molecule has 0 saturated heterocycles. The van der Waals surface area contributed by atoms with Gasteiger partial charge in [-0.15, -0.1) is 0 Å². The summed E-state index contributed by atoms with van der Waals surface area (Å²) in [6.45, 7) is 6.42. The molecular formula is C13H21NOS. The van der Waals surface area contributed by atoms with Crippen molar-refractivity contribution in [1.82, 2.24) is 5.32 Å². The van der Waals surface area contributed by atoms with Crippen molar-refractivity contribution in [1.29, 1.82) is 0 Å². The summed E-state index contributed by atoms with van der Waals surface area (Å²) in [4.78, 5) is 0. The van der Waals surface area contributed by atoms with Gasteiger partial charge in [0.25, 0.3) is 0 Å². The van der Waals surface area contributed by atoms with Gasteiger partial charge < -0.3 is 10.1 Å². The zero-order valence-electron chi connectivity index (χ0n) is 10.5. The molecule has 0 amide bonds. The number of hydrogen-bond acceptors (Lipinski definition) is 3. The summed E-state index contributed by atoms with van der Waals surface area (Å²) in [6, 6.07) is 8.18. The van der Waals surface area contributed by atoms with Gasteiger partial charge in [0.05, 0.1) is 7.11 Å². The summed E-state index contributed by atoms with van der Waals surface area (Å²) in [5, 5.41) is 3.47. The predicted octanol–water partition coefficient (Wildman–Crippen LogP) is 2.93. The Labute approximate surface area is 103 Å². The molecule has 1 aromatic rings. The van der Waals surface area contributed by atoms with Crippen molar-refractivity contribution in [2.45, 2.75) is 25.1 Å². The number of hydrogen-bond donors (Lipinski definition) is 1. The van der Waals surface area contributed by atoms with Crippen LogP contribution in [0.15, 0.2) is 24.3 Å². The van der Waals surface area contributed by atoms with E-state index in [-0.39, 0.29) is 0 Å². The van der Waals surface area contributed by atoms with Gasteiger partial charge in [0, 0.05) is 17.8 Å². The Morgan fingerprint density at radius 3 is 2.38 bits per heavy atom. The lowest BCUT2D eigenvalue weighted by molar-refractivity contribution is 0.414. The first-order valence-corrected chi connectivity index (χ1v) is 6.69. The molecule has 0 unspecified atom stereocenters. The normalized spacial score (nSPS) is 11.5. The van der Waals surface area contributed by atoms with Crippen LogP contribution in [-0.2, 0) is 6.54 Å². The molecule has 0 heterocycles. The van der Waals surface area contributed by atoms with E-state index >= 15 is 0 Å². The van der Waals surface area contributed by atoms with Crippen LogP contribution in [0.5, 0.6) is 5.75 Å². The first kappa shape index (κ1) is 13.4. The molecular weight excluding hydrogens is 218 g/mol. The van der Waals surface area contributed by atoms with Crippen molar-refractivity contribution in [3.8, 4) is 5.75 Å². The maximum Gasteiger partial charge on any atom is 0.118 e. The SMILES string of the molecule is COc1ccc(CNCC(C)(C)SC)cc1. The van der Waals surface area contributed by atoms with Crippen LogP contribution in [0.2, 0.25) is 0 Å². The van der Waals surface area contributed by atoms with Crippen LogP contribution < -0.4 is 10.1 Å². The number of nitrogens with one attached hydrogen (secondary N) is 1. The zero-order chi connectivity index (χ0) is 12.0. The lowest BCUT2D eigenvalue weighted by Crippen LogP contribution is -2.31. The molecule has 0 fully saturated rings. The van der Waals surface area contributed by atoms with E-state index < -0.39 is 0 Å². The maximum absolute atomic E-state index is 5.12. The van der Waals surface area contributed by atoms with E-state index in [1.165, 1.54) is 5.56 Å². The standard InChI is InChI=1S/C13H21NOS/c1-13(2,16-4)10-14-9-11-5-7-12(15-3)8-6-11/h5-8,14H,9-10H2,1-4H3. The Kier molecular flexibility index (Phi) is 5.16. The highest BCUT2D eigenvalue weighted by Gasteiger charge is 2.14. The molecule has 3 heteroatoms. The third-order valence-corrected chi connectivity index (χ3v) is 3.84. The van der Waals surface area contributed by atoms with Gasteiger partial charge in [-0.05, 0) is 37.8 Å². The van der Waals surface area contributed by atoms with E-state index in [1.54, 1.807) is 7.11 Å². The van der Waals surface area contributed by atoms with Gasteiger partial charge in [0.15, 0.2) is 0 Å². The summed E-state index contributed by atoms with van der Waals surface area (Å²) in [5.41, 5.74) is 1.29. The van der Waals surface area contributed by atoms with Gasteiger partial charge in [-0.25, -0.2) is 0 Å². The molecule has 0 aromatic heterocycles. The summed E-state index contributed by atoms with van der Waals surface area (Å²) in [5.74, 6) is 0.910. The van der Waals surface area contributed by atoms with E-state index in [0.717, 1.165) is 18.8 Å². The van der Waals surface area contributed by atoms with Crippen LogP contribution in [0, 0.1) is 0 Å². The average molecular weight is 239 g/mol. The molecule has 16 heavy (non-hydrogen) atoms. The lowest BCUT2D eigenvalue weighted by atomic mass is 10.2. The molecule has 0 bridgehead atoms.